The molecule has 2 rings (SSSR count). The van der Waals surface area contributed by atoms with Crippen molar-refractivity contribution in [2.75, 3.05) is 5.32 Å². The average molecular weight is 268 g/mol. The highest BCUT2D eigenvalue weighted by atomic mass is 16.2. The van der Waals surface area contributed by atoms with Crippen molar-refractivity contribution in [2.45, 2.75) is 13.8 Å². The second kappa shape index (κ2) is 5.57. The Labute approximate surface area is 117 Å². The van der Waals surface area contributed by atoms with Crippen molar-refractivity contribution in [2.24, 2.45) is 5.73 Å². The monoisotopic (exact) mass is 268 g/mol. The lowest BCUT2D eigenvalue weighted by atomic mass is 10.0. The molecule has 0 aliphatic rings. The summed E-state index contributed by atoms with van der Waals surface area (Å²) in [7, 11) is 0. The number of rotatable bonds is 3. The lowest BCUT2D eigenvalue weighted by Crippen LogP contribution is -2.16. The summed E-state index contributed by atoms with van der Waals surface area (Å²) in [5, 5.41) is 2.84. The molecule has 0 heterocycles. The molecule has 0 bridgehead atoms. The van der Waals surface area contributed by atoms with Crippen LogP contribution in [-0.2, 0) is 0 Å². The maximum atomic E-state index is 12.1. The van der Waals surface area contributed by atoms with E-state index in [9.17, 15) is 9.59 Å². The van der Waals surface area contributed by atoms with E-state index in [0.29, 0.717) is 16.8 Å². The summed E-state index contributed by atoms with van der Waals surface area (Å²) >= 11 is 0. The summed E-state index contributed by atoms with van der Waals surface area (Å²) in [6.07, 6.45) is 0. The summed E-state index contributed by atoms with van der Waals surface area (Å²) in [4.78, 5) is 23.4. The smallest absolute Gasteiger partial charge is 0.255 e. The average Bonchev–Trinajstić information content (AvgIpc) is 2.44. The summed E-state index contributed by atoms with van der Waals surface area (Å²) in [5.41, 5.74) is 8.66. The van der Waals surface area contributed by atoms with E-state index in [-0.39, 0.29) is 5.91 Å². The number of benzene rings is 2. The van der Waals surface area contributed by atoms with E-state index in [1.165, 1.54) is 0 Å². The lowest BCUT2D eigenvalue weighted by Gasteiger charge is -2.13. The number of hydrogen-bond acceptors (Lipinski definition) is 2. The third kappa shape index (κ3) is 2.69. The fraction of sp³-hybridized carbons (Fsp3) is 0.125. The first-order valence-corrected chi connectivity index (χ1v) is 6.27. The molecule has 20 heavy (non-hydrogen) atoms. The number of nitrogens with one attached hydrogen (secondary N) is 1. The van der Waals surface area contributed by atoms with Crippen LogP contribution in [0, 0.1) is 13.8 Å². The third-order valence-corrected chi connectivity index (χ3v) is 3.34. The minimum Gasteiger partial charge on any atom is -0.366 e. The normalized spacial score (nSPS) is 10.1. The van der Waals surface area contributed by atoms with Gasteiger partial charge in [-0.25, -0.2) is 0 Å². The Balaban J connectivity index is 2.29. The van der Waals surface area contributed by atoms with Gasteiger partial charge in [-0.05, 0) is 49.2 Å². The molecular formula is C16H16N2O2. The summed E-state index contributed by atoms with van der Waals surface area (Å²) < 4.78 is 0. The first kappa shape index (κ1) is 13.8. The maximum absolute atomic E-state index is 12.1. The second-order valence-corrected chi connectivity index (χ2v) is 4.60. The van der Waals surface area contributed by atoms with Gasteiger partial charge in [0.1, 0.15) is 0 Å². The molecule has 2 aromatic rings. The summed E-state index contributed by atoms with van der Waals surface area (Å²) in [6.45, 7) is 3.66. The predicted octanol–water partition coefficient (Wildman–Crippen LogP) is 2.65. The highest BCUT2D eigenvalue weighted by Crippen LogP contribution is 2.22. The topological polar surface area (TPSA) is 72.2 Å². The van der Waals surface area contributed by atoms with Crippen LogP contribution in [0.15, 0.2) is 42.5 Å². The molecule has 4 nitrogen and oxygen atoms in total. The van der Waals surface area contributed by atoms with E-state index in [0.717, 1.165) is 11.1 Å². The molecule has 4 heteroatoms. The van der Waals surface area contributed by atoms with Crippen LogP contribution in [-0.4, -0.2) is 11.8 Å². The van der Waals surface area contributed by atoms with E-state index in [1.807, 2.05) is 32.0 Å². The number of nitrogens with two attached hydrogens (primary N) is 1. The Hall–Kier alpha value is -2.62. The van der Waals surface area contributed by atoms with Crippen LogP contribution in [0.4, 0.5) is 5.69 Å². The zero-order valence-corrected chi connectivity index (χ0v) is 11.4. The quantitative estimate of drug-likeness (QED) is 0.898. The SMILES string of the molecule is Cc1c(NC(=O)c2ccccc2)ccc(C(N)=O)c1C. The van der Waals surface area contributed by atoms with Gasteiger partial charge >= 0.3 is 0 Å². The largest absolute Gasteiger partial charge is 0.366 e. The first-order valence-electron chi connectivity index (χ1n) is 6.27. The van der Waals surface area contributed by atoms with Gasteiger partial charge in [-0.15, -0.1) is 0 Å². The zero-order chi connectivity index (χ0) is 14.7. The van der Waals surface area contributed by atoms with Crippen LogP contribution >= 0.6 is 0 Å². The van der Waals surface area contributed by atoms with Crippen molar-refractivity contribution in [1.29, 1.82) is 0 Å². The number of hydrogen-bond donors (Lipinski definition) is 2. The Morgan fingerprint density at radius 2 is 1.60 bits per heavy atom. The van der Waals surface area contributed by atoms with Crippen LogP contribution in [0.2, 0.25) is 0 Å². The van der Waals surface area contributed by atoms with Crippen LogP contribution < -0.4 is 11.1 Å². The van der Waals surface area contributed by atoms with Crippen molar-refractivity contribution < 1.29 is 9.59 Å². The number of anilines is 1. The van der Waals surface area contributed by atoms with Gasteiger partial charge in [0.2, 0.25) is 5.91 Å². The molecule has 0 saturated carbocycles. The molecule has 2 amide bonds. The standard InChI is InChI=1S/C16H16N2O2/c1-10-11(2)14(9-8-13(10)15(17)19)18-16(20)12-6-4-3-5-7-12/h3-9H,1-2H3,(H2,17,19)(H,18,20). The van der Waals surface area contributed by atoms with E-state index in [2.05, 4.69) is 5.32 Å². The Morgan fingerprint density at radius 3 is 2.20 bits per heavy atom. The summed E-state index contributed by atoms with van der Waals surface area (Å²) in [6, 6.07) is 12.3. The van der Waals surface area contributed by atoms with Crippen molar-refractivity contribution >= 4 is 17.5 Å². The first-order chi connectivity index (χ1) is 9.50. The predicted molar refractivity (Wildman–Crippen MR) is 78.8 cm³/mol. The minimum absolute atomic E-state index is 0.181. The van der Waals surface area contributed by atoms with Gasteiger partial charge in [0.25, 0.3) is 5.91 Å². The molecule has 3 N–H and O–H groups in total. The minimum atomic E-state index is -0.466. The molecule has 0 atom stereocenters. The summed E-state index contributed by atoms with van der Waals surface area (Å²) in [5.74, 6) is -0.647. The molecule has 0 radical (unpaired) electrons. The van der Waals surface area contributed by atoms with Crippen molar-refractivity contribution in [3.05, 3.63) is 64.7 Å². The van der Waals surface area contributed by atoms with Gasteiger partial charge in [-0.3, -0.25) is 9.59 Å². The molecule has 0 fully saturated rings. The molecule has 0 spiro atoms. The maximum Gasteiger partial charge on any atom is 0.255 e. The molecule has 0 aliphatic carbocycles. The fourth-order valence-electron chi connectivity index (χ4n) is 2.01. The van der Waals surface area contributed by atoms with Gasteiger partial charge in [0.05, 0.1) is 0 Å². The van der Waals surface area contributed by atoms with Gasteiger partial charge in [0.15, 0.2) is 0 Å². The van der Waals surface area contributed by atoms with Crippen LogP contribution in [0.25, 0.3) is 0 Å². The van der Waals surface area contributed by atoms with E-state index < -0.39 is 5.91 Å². The highest BCUT2D eigenvalue weighted by molar-refractivity contribution is 6.05. The fourth-order valence-corrected chi connectivity index (χ4v) is 2.01. The Kier molecular flexibility index (Phi) is 3.84. The van der Waals surface area contributed by atoms with Gasteiger partial charge in [-0.2, -0.15) is 0 Å². The molecule has 0 unspecified atom stereocenters. The molecular weight excluding hydrogens is 252 g/mol. The van der Waals surface area contributed by atoms with E-state index in [1.54, 1.807) is 24.3 Å². The van der Waals surface area contributed by atoms with Crippen LogP contribution in [0.1, 0.15) is 31.8 Å². The van der Waals surface area contributed by atoms with Crippen LogP contribution in [0.5, 0.6) is 0 Å². The molecule has 0 aromatic heterocycles. The van der Waals surface area contributed by atoms with Crippen molar-refractivity contribution in [3.63, 3.8) is 0 Å². The molecule has 2 aromatic carbocycles. The zero-order valence-electron chi connectivity index (χ0n) is 11.4. The molecule has 0 saturated heterocycles. The van der Waals surface area contributed by atoms with E-state index in [4.69, 9.17) is 5.73 Å². The second-order valence-electron chi connectivity index (χ2n) is 4.60. The van der Waals surface area contributed by atoms with Crippen molar-refractivity contribution in [3.8, 4) is 0 Å². The van der Waals surface area contributed by atoms with E-state index >= 15 is 0 Å². The number of carbonyl (C=O) groups is 2. The third-order valence-electron chi connectivity index (χ3n) is 3.34. The molecule has 0 aliphatic heterocycles. The number of primary amides is 1. The van der Waals surface area contributed by atoms with Crippen LogP contribution in [0.3, 0.4) is 0 Å². The molecule has 102 valence electrons. The van der Waals surface area contributed by atoms with Gasteiger partial charge in [0, 0.05) is 16.8 Å². The van der Waals surface area contributed by atoms with Gasteiger partial charge < -0.3 is 11.1 Å². The lowest BCUT2D eigenvalue weighted by molar-refractivity contribution is 0.0997. The number of carbonyl (C=O) groups excluding carboxylic acids is 2. The Morgan fingerprint density at radius 1 is 0.950 bits per heavy atom. The van der Waals surface area contributed by atoms with Crippen molar-refractivity contribution in [1.82, 2.24) is 0 Å². The van der Waals surface area contributed by atoms with Gasteiger partial charge in [-0.1, -0.05) is 18.2 Å². The Bertz CT molecular complexity index is 664. The number of amides is 2. The highest BCUT2D eigenvalue weighted by Gasteiger charge is 2.12.